The number of carbonyl (C=O) groups excluding carboxylic acids is 1. The summed E-state index contributed by atoms with van der Waals surface area (Å²) in [6, 6.07) is 10.0. The fraction of sp³-hybridized carbons (Fsp3) is 0.133. The molecule has 0 atom stereocenters. The van der Waals surface area contributed by atoms with Crippen molar-refractivity contribution >= 4 is 44.9 Å². The number of rotatable bonds is 5. The van der Waals surface area contributed by atoms with E-state index in [9.17, 15) is 13.2 Å². The first-order valence-corrected chi connectivity index (χ1v) is 8.83. The van der Waals surface area contributed by atoms with Crippen molar-refractivity contribution in [2.75, 3.05) is 11.3 Å². The van der Waals surface area contributed by atoms with Crippen LogP contribution in [-0.4, -0.2) is 21.0 Å². The summed E-state index contributed by atoms with van der Waals surface area (Å²) in [6.45, 7) is 1.93. The van der Waals surface area contributed by atoms with Crippen molar-refractivity contribution in [2.45, 2.75) is 11.8 Å². The van der Waals surface area contributed by atoms with Crippen LogP contribution in [0, 0.1) is 0 Å². The van der Waals surface area contributed by atoms with Gasteiger partial charge in [0.2, 0.25) is 0 Å². The Balaban J connectivity index is 2.26. The number of ether oxygens (including phenoxy) is 1. The van der Waals surface area contributed by atoms with Gasteiger partial charge in [0.05, 0.1) is 32.8 Å². The van der Waals surface area contributed by atoms with E-state index in [-0.39, 0.29) is 32.8 Å². The quantitative estimate of drug-likeness (QED) is 0.804. The predicted molar refractivity (Wildman–Crippen MR) is 89.7 cm³/mol. The molecule has 0 aliphatic carbocycles. The van der Waals surface area contributed by atoms with Crippen molar-refractivity contribution in [3.63, 3.8) is 0 Å². The van der Waals surface area contributed by atoms with Crippen molar-refractivity contribution in [3.8, 4) is 0 Å². The number of hydrogen-bond donors (Lipinski definition) is 1. The molecule has 0 saturated carbocycles. The Kier molecular flexibility index (Phi) is 5.51. The maximum Gasteiger partial charge on any atom is 0.338 e. The molecule has 1 N–H and O–H groups in total. The highest BCUT2D eigenvalue weighted by molar-refractivity contribution is 7.92. The summed E-state index contributed by atoms with van der Waals surface area (Å²) in [6.07, 6.45) is 0. The minimum atomic E-state index is -3.85. The minimum absolute atomic E-state index is 0.0124. The van der Waals surface area contributed by atoms with Crippen molar-refractivity contribution in [3.05, 3.63) is 58.1 Å². The summed E-state index contributed by atoms with van der Waals surface area (Å²) in [5.41, 5.74) is 0.445. The lowest BCUT2D eigenvalue weighted by Crippen LogP contribution is -2.13. The van der Waals surface area contributed by atoms with Crippen molar-refractivity contribution in [1.29, 1.82) is 0 Å². The first-order chi connectivity index (χ1) is 10.8. The van der Waals surface area contributed by atoms with Crippen molar-refractivity contribution in [2.24, 2.45) is 0 Å². The summed E-state index contributed by atoms with van der Waals surface area (Å²) >= 11 is 11.8. The third-order valence-corrected chi connectivity index (χ3v) is 5.07. The van der Waals surface area contributed by atoms with E-state index < -0.39 is 16.0 Å². The lowest BCUT2D eigenvalue weighted by Gasteiger charge is -2.10. The Hall–Kier alpha value is -1.76. The first kappa shape index (κ1) is 17.6. The molecule has 0 unspecified atom stereocenters. The van der Waals surface area contributed by atoms with Crippen LogP contribution in [0.15, 0.2) is 47.4 Å². The molecule has 2 aromatic carbocycles. The molecule has 122 valence electrons. The molecule has 0 aliphatic heterocycles. The summed E-state index contributed by atoms with van der Waals surface area (Å²) in [4.78, 5) is 11.5. The van der Waals surface area contributed by atoms with E-state index in [4.69, 9.17) is 27.9 Å². The molecule has 0 heterocycles. The Morgan fingerprint density at radius 1 is 1.13 bits per heavy atom. The van der Waals surface area contributed by atoms with E-state index in [1.54, 1.807) is 19.1 Å². The van der Waals surface area contributed by atoms with Crippen LogP contribution in [0.3, 0.4) is 0 Å². The summed E-state index contributed by atoms with van der Waals surface area (Å²) in [5, 5.41) is 0.352. The highest BCUT2D eigenvalue weighted by atomic mass is 35.5. The third-order valence-electron chi connectivity index (χ3n) is 2.87. The molecule has 2 aromatic rings. The molecule has 8 heteroatoms. The van der Waals surface area contributed by atoms with Gasteiger partial charge in [-0.1, -0.05) is 29.3 Å². The van der Waals surface area contributed by atoms with Crippen LogP contribution in [0.2, 0.25) is 10.0 Å². The topological polar surface area (TPSA) is 72.5 Å². The number of nitrogens with one attached hydrogen (secondary N) is 1. The molecule has 0 saturated heterocycles. The van der Waals surface area contributed by atoms with Gasteiger partial charge in [-0.25, -0.2) is 13.2 Å². The van der Waals surface area contributed by atoms with Gasteiger partial charge in [0.15, 0.2) is 0 Å². The fourth-order valence-electron chi connectivity index (χ4n) is 1.77. The smallest absolute Gasteiger partial charge is 0.338 e. The molecule has 0 aromatic heterocycles. The molecular weight excluding hydrogens is 361 g/mol. The van der Waals surface area contributed by atoms with Crippen LogP contribution in [0.5, 0.6) is 0 Å². The maximum absolute atomic E-state index is 12.3. The SMILES string of the molecule is CCOC(=O)c1ccc(S(=O)(=O)Nc2cccc(Cl)c2Cl)cc1. The van der Waals surface area contributed by atoms with Crippen LogP contribution in [0.4, 0.5) is 5.69 Å². The molecule has 0 aliphatic rings. The standard InChI is InChI=1S/C15H13Cl2NO4S/c1-2-22-15(19)10-6-8-11(9-7-10)23(20,21)18-13-5-3-4-12(16)14(13)17/h3-9,18H,2H2,1H3. The van der Waals surface area contributed by atoms with Crippen LogP contribution < -0.4 is 4.72 Å². The van der Waals surface area contributed by atoms with Gasteiger partial charge in [-0.3, -0.25) is 4.72 Å². The van der Waals surface area contributed by atoms with Gasteiger partial charge in [-0.2, -0.15) is 0 Å². The second-order valence-electron chi connectivity index (χ2n) is 4.45. The zero-order valence-corrected chi connectivity index (χ0v) is 14.4. The molecule has 0 amide bonds. The van der Waals surface area contributed by atoms with Gasteiger partial charge in [0.25, 0.3) is 10.0 Å². The molecule has 0 spiro atoms. The maximum atomic E-state index is 12.3. The van der Waals surface area contributed by atoms with Crippen LogP contribution in [0.1, 0.15) is 17.3 Å². The average Bonchev–Trinajstić information content (AvgIpc) is 2.52. The lowest BCUT2D eigenvalue weighted by molar-refractivity contribution is 0.0526. The Morgan fingerprint density at radius 3 is 2.39 bits per heavy atom. The molecular formula is C15H13Cl2NO4S. The molecule has 0 bridgehead atoms. The number of hydrogen-bond acceptors (Lipinski definition) is 4. The summed E-state index contributed by atoms with van der Waals surface area (Å²) in [5.74, 6) is -0.512. The largest absolute Gasteiger partial charge is 0.462 e. The zero-order valence-electron chi connectivity index (χ0n) is 12.0. The van der Waals surface area contributed by atoms with E-state index in [1.807, 2.05) is 0 Å². The van der Waals surface area contributed by atoms with E-state index >= 15 is 0 Å². The molecule has 2 rings (SSSR count). The van der Waals surface area contributed by atoms with Gasteiger partial charge in [0, 0.05) is 0 Å². The first-order valence-electron chi connectivity index (χ1n) is 6.59. The fourth-order valence-corrected chi connectivity index (χ4v) is 3.25. The predicted octanol–water partition coefficient (Wildman–Crippen LogP) is 3.97. The number of benzene rings is 2. The van der Waals surface area contributed by atoms with E-state index in [0.717, 1.165) is 0 Å². The van der Waals surface area contributed by atoms with Crippen LogP contribution in [0.25, 0.3) is 0 Å². The normalized spacial score (nSPS) is 11.1. The number of esters is 1. The van der Waals surface area contributed by atoms with E-state index in [1.165, 1.54) is 30.3 Å². The van der Waals surface area contributed by atoms with Crippen molar-refractivity contribution < 1.29 is 17.9 Å². The zero-order chi connectivity index (χ0) is 17.0. The van der Waals surface area contributed by atoms with E-state index in [0.29, 0.717) is 0 Å². The Morgan fingerprint density at radius 2 is 1.78 bits per heavy atom. The molecule has 5 nitrogen and oxygen atoms in total. The van der Waals surface area contributed by atoms with Crippen LogP contribution >= 0.6 is 23.2 Å². The minimum Gasteiger partial charge on any atom is -0.462 e. The lowest BCUT2D eigenvalue weighted by atomic mass is 10.2. The monoisotopic (exact) mass is 373 g/mol. The van der Waals surface area contributed by atoms with Gasteiger partial charge < -0.3 is 4.74 Å². The molecule has 0 radical (unpaired) electrons. The number of anilines is 1. The summed E-state index contributed by atoms with van der Waals surface area (Å²) in [7, 11) is -3.85. The van der Waals surface area contributed by atoms with Gasteiger partial charge in [0.1, 0.15) is 0 Å². The van der Waals surface area contributed by atoms with Crippen molar-refractivity contribution in [1.82, 2.24) is 0 Å². The molecule has 23 heavy (non-hydrogen) atoms. The second kappa shape index (κ2) is 7.21. The van der Waals surface area contributed by atoms with Gasteiger partial charge in [-0.15, -0.1) is 0 Å². The average molecular weight is 374 g/mol. The van der Waals surface area contributed by atoms with Crippen LogP contribution in [-0.2, 0) is 14.8 Å². The van der Waals surface area contributed by atoms with Gasteiger partial charge in [-0.05, 0) is 43.3 Å². The van der Waals surface area contributed by atoms with Gasteiger partial charge >= 0.3 is 5.97 Å². The highest BCUT2D eigenvalue weighted by Gasteiger charge is 2.17. The number of carbonyl (C=O) groups is 1. The number of halogens is 2. The third kappa shape index (κ3) is 4.16. The Bertz CT molecular complexity index is 820. The Labute approximate surface area is 144 Å². The second-order valence-corrected chi connectivity index (χ2v) is 6.92. The number of sulfonamides is 1. The van der Waals surface area contributed by atoms with E-state index in [2.05, 4.69) is 4.72 Å². The highest BCUT2D eigenvalue weighted by Crippen LogP contribution is 2.31. The summed E-state index contributed by atoms with van der Waals surface area (Å²) < 4.78 is 31.9. The molecule has 0 fully saturated rings.